The van der Waals surface area contributed by atoms with Gasteiger partial charge in [0.2, 0.25) is 11.5 Å². The number of hydrogen-bond donors (Lipinski definition) is 5. The fourth-order valence-electron chi connectivity index (χ4n) is 8.51. The summed E-state index contributed by atoms with van der Waals surface area (Å²) < 4.78 is 33.5. The minimum absolute atomic E-state index is 0.00537. The molecule has 7 rings (SSSR count). The third-order valence-corrected chi connectivity index (χ3v) is 18.0. The number of piperidine rings is 2. The second kappa shape index (κ2) is 22.4. The number of phenols is 1. The first-order valence-electron chi connectivity index (χ1n) is 23.6. The topological polar surface area (TPSA) is 175 Å². The van der Waals surface area contributed by atoms with E-state index in [-0.39, 0.29) is 46.6 Å². The summed E-state index contributed by atoms with van der Waals surface area (Å²) in [6.07, 6.45) is 1.33. The second-order valence-corrected chi connectivity index (χ2v) is 24.1. The molecule has 14 nitrogen and oxygen atoms in total. The van der Waals surface area contributed by atoms with Crippen molar-refractivity contribution in [1.82, 2.24) is 20.1 Å². The molecule has 2 aliphatic heterocycles. The molecule has 3 heterocycles. The van der Waals surface area contributed by atoms with E-state index >= 15 is 4.39 Å². The van der Waals surface area contributed by atoms with Crippen LogP contribution in [0.25, 0.3) is 22.0 Å². The molecule has 5 aromatic rings. The number of amides is 3. The number of phenolic OH excluding ortho intramolecular Hbond substituents is 1. The molecule has 0 aliphatic carbocycles. The molecule has 2 fully saturated rings. The number of likely N-dealkylation sites (tertiary alicyclic amines) is 2. The van der Waals surface area contributed by atoms with Crippen LogP contribution >= 0.6 is 0 Å². The average Bonchev–Trinajstić information content (AvgIpc) is 3.31. The monoisotopic (exact) mass is 948 g/mol. The van der Waals surface area contributed by atoms with Crippen molar-refractivity contribution in [3.63, 3.8) is 0 Å². The Morgan fingerprint density at radius 3 is 2.28 bits per heavy atom. The maximum atomic E-state index is 15.3. The molecule has 2 aliphatic rings. The molecule has 1 aromatic heterocycles. The van der Waals surface area contributed by atoms with Gasteiger partial charge in [-0.25, -0.2) is 14.0 Å². The van der Waals surface area contributed by atoms with E-state index in [2.05, 4.69) is 59.7 Å². The number of rotatable bonds is 16. The summed E-state index contributed by atoms with van der Waals surface area (Å²) in [4.78, 5) is 57.6. The number of H-pyrrole nitrogens is 1. The zero-order chi connectivity index (χ0) is 48.4. The zero-order valence-corrected chi connectivity index (χ0v) is 40.7. The van der Waals surface area contributed by atoms with Crippen LogP contribution in [0.1, 0.15) is 70.1 Å². The molecular weight excluding hydrogens is 884 g/mol. The van der Waals surface area contributed by atoms with Gasteiger partial charge in [0.1, 0.15) is 17.7 Å². The van der Waals surface area contributed by atoms with Gasteiger partial charge < -0.3 is 39.1 Å². The van der Waals surface area contributed by atoms with Gasteiger partial charge in [0.15, 0.2) is 8.32 Å². The first-order valence-corrected chi connectivity index (χ1v) is 26.5. The van der Waals surface area contributed by atoms with Crippen LogP contribution in [0.2, 0.25) is 18.1 Å². The Balaban J connectivity index is 0.796. The Bertz CT molecular complexity index is 2590. The normalized spacial score (nSPS) is 15.8. The predicted octanol–water partition coefficient (Wildman–Crippen LogP) is 9.78. The summed E-state index contributed by atoms with van der Waals surface area (Å²) in [6.45, 7) is 14.9. The molecular formula is C52H65FN6O8Si. The number of carbonyl (C=O) groups excluding carboxylic acids is 3. The van der Waals surface area contributed by atoms with Crippen molar-refractivity contribution in [2.75, 3.05) is 56.5 Å². The number of aromatic nitrogens is 1. The fraction of sp³-hybridized carbons (Fsp3) is 0.423. The third-order valence-electron chi connectivity index (χ3n) is 13.5. The molecule has 1 unspecified atom stereocenters. The Labute approximate surface area is 398 Å². The quantitative estimate of drug-likeness (QED) is 0.0599. The Kier molecular flexibility index (Phi) is 16.4. The van der Waals surface area contributed by atoms with Gasteiger partial charge >= 0.3 is 12.2 Å². The van der Waals surface area contributed by atoms with Crippen LogP contribution in [0.4, 0.5) is 25.4 Å². The third kappa shape index (κ3) is 13.1. The van der Waals surface area contributed by atoms with Gasteiger partial charge in [0.05, 0.1) is 29.6 Å². The van der Waals surface area contributed by atoms with Crippen LogP contribution in [0.3, 0.4) is 0 Å². The van der Waals surface area contributed by atoms with Crippen molar-refractivity contribution in [2.24, 2.45) is 5.92 Å². The lowest BCUT2D eigenvalue weighted by Gasteiger charge is -2.39. The number of ether oxygens (including phenoxy) is 2. The number of nitrogens with one attached hydrogen (secondary N) is 4. The summed E-state index contributed by atoms with van der Waals surface area (Å²) in [6, 6.07) is 28.6. The number of fused-ring (bicyclic) bond motifs is 1. The summed E-state index contributed by atoms with van der Waals surface area (Å²) >= 11 is 0. The maximum absolute atomic E-state index is 15.3. The highest BCUT2D eigenvalue weighted by atomic mass is 28.4. The van der Waals surface area contributed by atoms with E-state index in [0.717, 1.165) is 29.8 Å². The number of pyridine rings is 1. The summed E-state index contributed by atoms with van der Waals surface area (Å²) in [5.74, 6) is -0.456. The first kappa shape index (κ1) is 49.8. The van der Waals surface area contributed by atoms with E-state index in [0.29, 0.717) is 87.0 Å². The molecule has 0 saturated carbocycles. The number of carbonyl (C=O) groups is 3. The highest BCUT2D eigenvalue weighted by Crippen LogP contribution is 2.41. The number of halogens is 1. The highest BCUT2D eigenvalue weighted by Gasteiger charge is 2.40. The maximum Gasteiger partial charge on any atom is 0.411 e. The van der Waals surface area contributed by atoms with E-state index in [1.165, 1.54) is 18.2 Å². The second-order valence-electron chi connectivity index (χ2n) is 19.4. The number of aromatic amines is 1. The lowest BCUT2D eigenvalue weighted by molar-refractivity contribution is -0.133. The van der Waals surface area contributed by atoms with Crippen LogP contribution in [0.15, 0.2) is 102 Å². The highest BCUT2D eigenvalue weighted by molar-refractivity contribution is 6.74. The molecule has 0 radical (unpaired) electrons. The molecule has 4 aromatic carbocycles. The minimum Gasteiger partial charge on any atom is -0.506 e. The molecule has 3 amide bonds. The largest absolute Gasteiger partial charge is 0.506 e. The van der Waals surface area contributed by atoms with Crippen molar-refractivity contribution in [3.05, 3.63) is 124 Å². The van der Waals surface area contributed by atoms with Crippen LogP contribution in [-0.4, -0.2) is 98.3 Å². The summed E-state index contributed by atoms with van der Waals surface area (Å²) in [7, 11) is -2.29. The Hall–Kier alpha value is -6.07. The lowest BCUT2D eigenvalue weighted by Crippen LogP contribution is -2.43. The fourth-order valence-corrected chi connectivity index (χ4v) is 9.78. The first-order chi connectivity index (χ1) is 32.5. The van der Waals surface area contributed by atoms with Crippen molar-refractivity contribution >= 4 is 48.7 Å². The molecule has 5 N–H and O–H groups in total. The van der Waals surface area contributed by atoms with Crippen LogP contribution in [0, 0.1) is 11.7 Å². The van der Waals surface area contributed by atoms with Crippen LogP contribution < -0.4 is 21.5 Å². The smallest absolute Gasteiger partial charge is 0.411 e. The van der Waals surface area contributed by atoms with Crippen molar-refractivity contribution in [3.8, 4) is 16.9 Å². The van der Waals surface area contributed by atoms with Crippen molar-refractivity contribution < 1.29 is 37.8 Å². The van der Waals surface area contributed by atoms with Gasteiger partial charge in [-0.1, -0.05) is 81.4 Å². The number of para-hydroxylation sites is 1. The van der Waals surface area contributed by atoms with E-state index in [1.807, 2.05) is 65.6 Å². The van der Waals surface area contributed by atoms with Gasteiger partial charge in [-0.3, -0.25) is 20.2 Å². The SMILES string of the molecule is CC(C)(C)[Si](C)(C)OC(CNCc1ccc(NC(=O)OCC2CCN(C(=O)CCN3CCC(OC(=O)Nc4ccccc4-c4ccccc4)CC3)CC2)c(F)c1)c1ccc(O)c2[nH]c(=O)ccc12. The number of nitrogens with zero attached hydrogens (tertiary/aromatic N) is 2. The Morgan fingerprint density at radius 2 is 1.56 bits per heavy atom. The number of hydrogen-bond acceptors (Lipinski definition) is 10. The molecule has 1 atom stereocenters. The number of anilines is 2. The summed E-state index contributed by atoms with van der Waals surface area (Å²) in [5.41, 5.74) is 4.13. The van der Waals surface area contributed by atoms with E-state index < -0.39 is 32.4 Å². The van der Waals surface area contributed by atoms with Gasteiger partial charge in [-0.2, -0.15) is 0 Å². The summed E-state index contributed by atoms with van der Waals surface area (Å²) in [5, 5.41) is 19.9. The predicted molar refractivity (Wildman–Crippen MR) is 266 cm³/mol. The molecule has 16 heteroatoms. The average molecular weight is 949 g/mol. The van der Waals surface area contributed by atoms with Gasteiger partial charge in [0, 0.05) is 69.3 Å². The molecule has 0 spiro atoms. The number of benzene rings is 4. The van der Waals surface area contributed by atoms with E-state index in [1.54, 1.807) is 18.2 Å². The number of aromatic hydroxyl groups is 1. The van der Waals surface area contributed by atoms with Gasteiger partial charge in [0.25, 0.3) is 0 Å². The van der Waals surface area contributed by atoms with Gasteiger partial charge in [-0.05, 0) is 96.8 Å². The zero-order valence-electron chi connectivity index (χ0n) is 39.7. The molecule has 0 bridgehead atoms. The van der Waals surface area contributed by atoms with Crippen molar-refractivity contribution in [2.45, 2.75) is 89.8 Å². The molecule has 362 valence electrons. The van der Waals surface area contributed by atoms with E-state index in [4.69, 9.17) is 13.9 Å². The lowest BCUT2D eigenvalue weighted by atomic mass is 9.97. The van der Waals surface area contributed by atoms with Crippen LogP contribution in [-0.2, 0) is 25.2 Å². The van der Waals surface area contributed by atoms with Crippen LogP contribution in [0.5, 0.6) is 5.75 Å². The van der Waals surface area contributed by atoms with Crippen molar-refractivity contribution in [1.29, 1.82) is 0 Å². The van der Waals surface area contributed by atoms with Gasteiger partial charge in [-0.15, -0.1) is 0 Å². The van der Waals surface area contributed by atoms with E-state index in [9.17, 15) is 24.3 Å². The molecule has 68 heavy (non-hydrogen) atoms. The Morgan fingerprint density at radius 1 is 0.853 bits per heavy atom. The molecule has 2 saturated heterocycles. The minimum atomic E-state index is -2.29. The standard InChI is InChI=1S/C52H65FN6O8Si/c1-52(2,3)68(4,5)67-46(40-16-19-45(60)49-41(40)17-20-47(61)57-49)33-54-32-36-15-18-44(42(53)31-36)56-50(63)65-34-35-21-29-59(30-22-35)48(62)25-28-58-26-23-38(24-27-58)66-51(64)55-43-14-10-9-13-39(43)37-11-7-6-8-12-37/h6-20,31,35,38,46,54,60H,21-30,32-34H2,1-5H3,(H,55,64)(H,56,63)(H,57,61).